The van der Waals surface area contributed by atoms with Crippen molar-refractivity contribution in [3.8, 4) is 21.8 Å². The molecule has 3 amide bonds. The van der Waals surface area contributed by atoms with Crippen LogP contribution in [-0.2, 0) is 29.2 Å². The summed E-state index contributed by atoms with van der Waals surface area (Å²) < 4.78 is 0. The van der Waals surface area contributed by atoms with Crippen LogP contribution in [0.3, 0.4) is 0 Å². The Hall–Kier alpha value is -4.21. The second-order valence-corrected chi connectivity index (χ2v) is 10.3. The van der Waals surface area contributed by atoms with Gasteiger partial charge in [0.1, 0.15) is 11.0 Å². The Morgan fingerprint density at radius 1 is 1.00 bits per heavy atom. The number of imide groups is 1. The number of pyridine rings is 1. The highest BCUT2D eigenvalue weighted by Crippen LogP contribution is 2.31. The highest BCUT2D eigenvalue weighted by Gasteiger charge is 2.39. The largest absolute Gasteiger partial charge is 0.322 e. The van der Waals surface area contributed by atoms with E-state index in [0.29, 0.717) is 31.6 Å². The number of hydrogen-bond donors (Lipinski definition) is 2. The van der Waals surface area contributed by atoms with Crippen LogP contribution in [-0.4, -0.2) is 38.6 Å². The Balaban J connectivity index is 1.11. The first kappa shape index (κ1) is 24.1. The summed E-state index contributed by atoms with van der Waals surface area (Å²) in [6, 6.07) is 19.2. The second-order valence-electron chi connectivity index (χ2n) is 9.43. The number of fused-ring (bicyclic) bond motifs is 1. The van der Waals surface area contributed by atoms with Crippen molar-refractivity contribution in [2.75, 3.05) is 0 Å². The molecule has 0 spiro atoms. The van der Waals surface area contributed by atoms with E-state index in [2.05, 4.69) is 33.1 Å². The number of hydrogen-bond acceptors (Lipinski definition) is 7. The third-order valence-corrected chi connectivity index (χ3v) is 7.79. The molecular weight excluding hydrogens is 498 g/mol. The van der Waals surface area contributed by atoms with Crippen molar-refractivity contribution in [1.82, 2.24) is 25.5 Å². The van der Waals surface area contributed by atoms with Gasteiger partial charge in [0.15, 0.2) is 0 Å². The molecule has 2 N–H and O–H groups in total. The molecule has 8 nitrogen and oxygen atoms in total. The van der Waals surface area contributed by atoms with Crippen LogP contribution in [0.15, 0.2) is 72.2 Å². The lowest BCUT2D eigenvalue weighted by atomic mass is 10.0. The first-order chi connectivity index (χ1) is 18.5. The van der Waals surface area contributed by atoms with E-state index in [-0.39, 0.29) is 18.2 Å². The maximum absolute atomic E-state index is 13.0. The molecule has 4 aromatic rings. The minimum atomic E-state index is -0.620. The van der Waals surface area contributed by atoms with Crippen LogP contribution >= 0.6 is 11.3 Å². The third kappa shape index (κ3) is 4.85. The van der Waals surface area contributed by atoms with Gasteiger partial charge in [-0.25, -0.2) is 4.98 Å². The lowest BCUT2D eigenvalue weighted by molar-refractivity contribution is -0.136. The average Bonchev–Trinajstić information content (AvgIpc) is 3.54. The van der Waals surface area contributed by atoms with Crippen LogP contribution in [0.5, 0.6) is 0 Å². The number of amides is 3. The first-order valence-electron chi connectivity index (χ1n) is 12.5. The molecule has 6 rings (SSSR count). The molecule has 190 valence electrons. The van der Waals surface area contributed by atoms with Crippen molar-refractivity contribution >= 4 is 29.1 Å². The number of nitrogens with zero attached hydrogens (tertiary/aromatic N) is 3. The van der Waals surface area contributed by atoms with Gasteiger partial charge in [-0.2, -0.15) is 0 Å². The molecule has 0 aliphatic carbocycles. The van der Waals surface area contributed by atoms with Crippen molar-refractivity contribution in [3.05, 3.63) is 94.6 Å². The summed E-state index contributed by atoms with van der Waals surface area (Å²) in [5.41, 5.74) is 6.41. The van der Waals surface area contributed by atoms with Gasteiger partial charge in [-0.3, -0.25) is 24.7 Å². The fourth-order valence-corrected chi connectivity index (χ4v) is 5.74. The van der Waals surface area contributed by atoms with Crippen molar-refractivity contribution in [2.24, 2.45) is 0 Å². The maximum atomic E-state index is 13.0. The van der Waals surface area contributed by atoms with Gasteiger partial charge >= 0.3 is 0 Å². The molecular formula is C29H25N5O3S. The van der Waals surface area contributed by atoms with Gasteiger partial charge in [-0.05, 0) is 41.8 Å². The Bertz CT molecular complexity index is 1530. The summed E-state index contributed by atoms with van der Waals surface area (Å²) in [5.74, 6) is -0.871. The third-order valence-electron chi connectivity index (χ3n) is 6.85. The number of thiazole rings is 1. The Morgan fingerprint density at radius 2 is 1.87 bits per heavy atom. The van der Waals surface area contributed by atoms with E-state index in [0.717, 1.165) is 38.6 Å². The van der Waals surface area contributed by atoms with E-state index in [1.807, 2.05) is 42.5 Å². The quantitative estimate of drug-likeness (QED) is 0.356. The molecule has 4 heterocycles. The minimum absolute atomic E-state index is 0.176. The predicted molar refractivity (Wildman–Crippen MR) is 144 cm³/mol. The molecule has 38 heavy (non-hydrogen) atoms. The molecule has 0 saturated carbocycles. The molecule has 9 heteroatoms. The summed E-state index contributed by atoms with van der Waals surface area (Å²) in [7, 11) is 0. The smallest absolute Gasteiger partial charge is 0.255 e. The molecule has 1 fully saturated rings. The molecule has 1 atom stereocenters. The van der Waals surface area contributed by atoms with Gasteiger partial charge in [0.05, 0.1) is 11.4 Å². The molecule has 1 saturated heterocycles. The zero-order chi connectivity index (χ0) is 26.1. The number of benzene rings is 2. The zero-order valence-electron chi connectivity index (χ0n) is 20.5. The van der Waals surface area contributed by atoms with Gasteiger partial charge in [0.25, 0.3) is 5.91 Å². The first-order valence-corrected chi connectivity index (χ1v) is 13.4. The van der Waals surface area contributed by atoms with Gasteiger partial charge in [0.2, 0.25) is 11.8 Å². The van der Waals surface area contributed by atoms with Crippen molar-refractivity contribution in [1.29, 1.82) is 0 Å². The minimum Gasteiger partial charge on any atom is -0.322 e. The SMILES string of the molecule is O=C1CCC(N2Cc3cc(-c4cc(CNCc5csc(-c6ccccc6)n5)ccn4)ccc3C2=O)C(=O)N1. The number of carbonyl (C=O) groups excluding carboxylic acids is 3. The molecule has 2 aromatic heterocycles. The lowest BCUT2D eigenvalue weighted by Crippen LogP contribution is -2.52. The van der Waals surface area contributed by atoms with Crippen LogP contribution in [0.1, 0.15) is 40.0 Å². The van der Waals surface area contributed by atoms with Crippen LogP contribution in [0.4, 0.5) is 0 Å². The summed E-state index contributed by atoms with van der Waals surface area (Å²) in [6.07, 6.45) is 2.38. The van der Waals surface area contributed by atoms with Gasteiger partial charge < -0.3 is 10.2 Å². The lowest BCUT2D eigenvalue weighted by Gasteiger charge is -2.29. The molecule has 2 aliphatic heterocycles. The standard InChI is InChI=1S/C29H25N5O3S/c35-26-9-8-25(27(36)33-26)34-16-21-13-20(6-7-23(21)29(34)37)24-12-18(10-11-31-24)14-30-15-22-17-38-28(32-22)19-4-2-1-3-5-19/h1-7,10-13,17,25,30H,8-9,14-16H2,(H,33,35,36). The highest BCUT2D eigenvalue weighted by atomic mass is 32.1. The van der Waals surface area contributed by atoms with Crippen LogP contribution in [0.25, 0.3) is 21.8 Å². The zero-order valence-corrected chi connectivity index (χ0v) is 21.3. The summed E-state index contributed by atoms with van der Waals surface area (Å²) >= 11 is 1.64. The number of nitrogens with one attached hydrogen (secondary N) is 2. The van der Waals surface area contributed by atoms with E-state index < -0.39 is 11.9 Å². The van der Waals surface area contributed by atoms with Crippen molar-refractivity contribution in [3.63, 3.8) is 0 Å². The van der Waals surface area contributed by atoms with Gasteiger partial charge in [0, 0.05) is 54.3 Å². The number of aromatic nitrogens is 2. The van der Waals surface area contributed by atoms with Crippen LogP contribution in [0.2, 0.25) is 0 Å². The van der Waals surface area contributed by atoms with Crippen molar-refractivity contribution in [2.45, 2.75) is 38.5 Å². The van der Waals surface area contributed by atoms with Gasteiger partial charge in [-0.15, -0.1) is 11.3 Å². The molecule has 0 bridgehead atoms. The predicted octanol–water partition coefficient (Wildman–Crippen LogP) is 3.92. The fraction of sp³-hybridized carbons (Fsp3) is 0.207. The molecule has 2 aromatic carbocycles. The average molecular weight is 524 g/mol. The van der Waals surface area contributed by atoms with Crippen LogP contribution in [0, 0.1) is 0 Å². The topological polar surface area (TPSA) is 104 Å². The Kier molecular flexibility index (Phi) is 6.53. The summed E-state index contributed by atoms with van der Waals surface area (Å²) in [6.45, 7) is 1.67. The highest BCUT2D eigenvalue weighted by molar-refractivity contribution is 7.13. The Morgan fingerprint density at radius 3 is 2.71 bits per heavy atom. The van der Waals surface area contributed by atoms with E-state index in [9.17, 15) is 14.4 Å². The van der Waals surface area contributed by atoms with Crippen molar-refractivity contribution < 1.29 is 14.4 Å². The van der Waals surface area contributed by atoms with E-state index in [1.54, 1.807) is 28.5 Å². The summed E-state index contributed by atoms with van der Waals surface area (Å²) in [5, 5.41) is 8.90. The number of piperidine rings is 1. The van der Waals surface area contributed by atoms with Crippen LogP contribution < -0.4 is 10.6 Å². The fourth-order valence-electron chi connectivity index (χ4n) is 4.91. The molecule has 0 radical (unpaired) electrons. The van der Waals surface area contributed by atoms with E-state index in [1.165, 1.54) is 0 Å². The Labute approximate surface area is 223 Å². The van der Waals surface area contributed by atoms with E-state index >= 15 is 0 Å². The number of carbonyl (C=O) groups is 3. The maximum Gasteiger partial charge on any atom is 0.255 e. The molecule has 1 unspecified atom stereocenters. The second kappa shape index (κ2) is 10.3. The number of rotatable bonds is 7. The summed E-state index contributed by atoms with van der Waals surface area (Å²) in [4.78, 5) is 47.6. The van der Waals surface area contributed by atoms with Gasteiger partial charge in [-0.1, -0.05) is 36.4 Å². The molecule has 2 aliphatic rings. The monoisotopic (exact) mass is 523 g/mol. The normalized spacial score (nSPS) is 17.0. The van der Waals surface area contributed by atoms with E-state index in [4.69, 9.17) is 4.98 Å².